The van der Waals surface area contributed by atoms with Crippen molar-refractivity contribution >= 4 is 52.7 Å². The van der Waals surface area contributed by atoms with Crippen molar-refractivity contribution < 1.29 is 19.5 Å². The number of imidazole rings is 1. The molecule has 5 aromatic rings. The van der Waals surface area contributed by atoms with Gasteiger partial charge >= 0.3 is 5.97 Å². The molecule has 0 unspecified atom stereocenters. The van der Waals surface area contributed by atoms with E-state index >= 15 is 0 Å². The second kappa shape index (κ2) is 14.9. The number of carbonyl (C=O) groups is 1. The summed E-state index contributed by atoms with van der Waals surface area (Å²) in [5.74, 6) is 1.20. The van der Waals surface area contributed by atoms with Crippen molar-refractivity contribution in [3.63, 3.8) is 0 Å². The van der Waals surface area contributed by atoms with Gasteiger partial charge in [0.2, 0.25) is 0 Å². The highest BCUT2D eigenvalue weighted by atomic mass is 35.5. The molecule has 0 aliphatic heterocycles. The van der Waals surface area contributed by atoms with E-state index in [-0.39, 0.29) is 17.5 Å². The molecule has 12 heteroatoms. The third-order valence-corrected chi connectivity index (χ3v) is 8.52. The zero-order chi connectivity index (χ0) is 31.1. The number of thioether (sulfide) groups is 2. The molecule has 0 fully saturated rings. The number of ether oxygens (including phenoxy) is 2. The van der Waals surface area contributed by atoms with Gasteiger partial charge in [-0.05, 0) is 54.6 Å². The standard InChI is InChI=1S/C32H28Cl2N4O4S2/c1-3-41-27(39)19-44-18-21-14-24(33)28(25(34)15-21)31-37-29(26-12-13-35-32(36-26)43-2)30(38(31)40)22-10-7-11-23(16-22)42-17-20-8-5-4-6-9-20/h4-16,40H,3,17-19H2,1-2H3. The molecule has 1 N–H and O–H groups in total. The molecular weight excluding hydrogens is 639 g/mol. The molecule has 0 aliphatic carbocycles. The van der Waals surface area contributed by atoms with Gasteiger partial charge in [0, 0.05) is 17.5 Å². The topological polar surface area (TPSA) is 99.4 Å². The lowest BCUT2D eigenvalue weighted by Crippen LogP contribution is -2.06. The number of esters is 1. The Morgan fingerprint density at radius 3 is 2.48 bits per heavy atom. The molecule has 2 aromatic heterocycles. The minimum Gasteiger partial charge on any atom is -0.489 e. The Morgan fingerprint density at radius 1 is 0.977 bits per heavy atom. The van der Waals surface area contributed by atoms with Crippen molar-refractivity contribution in [1.82, 2.24) is 19.7 Å². The first-order valence-corrected chi connectivity index (χ1v) is 16.7. The maximum absolute atomic E-state index is 11.7. The number of hydrogen-bond acceptors (Lipinski definition) is 9. The van der Waals surface area contributed by atoms with Crippen LogP contribution >= 0.6 is 46.7 Å². The molecule has 44 heavy (non-hydrogen) atoms. The van der Waals surface area contributed by atoms with Gasteiger partial charge in [-0.3, -0.25) is 4.79 Å². The monoisotopic (exact) mass is 666 g/mol. The first-order valence-electron chi connectivity index (χ1n) is 13.6. The molecule has 8 nitrogen and oxygen atoms in total. The van der Waals surface area contributed by atoms with Gasteiger partial charge in [-0.1, -0.05) is 77.4 Å². The van der Waals surface area contributed by atoms with E-state index in [2.05, 4.69) is 9.97 Å². The zero-order valence-corrected chi connectivity index (χ0v) is 27.0. The summed E-state index contributed by atoms with van der Waals surface area (Å²) in [6, 6.07) is 22.5. The molecule has 0 saturated heterocycles. The van der Waals surface area contributed by atoms with Crippen molar-refractivity contribution in [2.24, 2.45) is 0 Å². The Hall–Kier alpha value is -3.70. The molecule has 0 bridgehead atoms. The van der Waals surface area contributed by atoms with Gasteiger partial charge in [0.15, 0.2) is 11.0 Å². The van der Waals surface area contributed by atoms with Crippen LogP contribution in [0.2, 0.25) is 10.0 Å². The maximum atomic E-state index is 11.7. The summed E-state index contributed by atoms with van der Waals surface area (Å²) in [7, 11) is 0. The Bertz CT molecular complexity index is 1750. The van der Waals surface area contributed by atoms with Crippen LogP contribution in [0.15, 0.2) is 84.1 Å². The SMILES string of the molecule is CCOC(=O)CSCc1cc(Cl)c(-c2nc(-c3ccnc(SC)n3)c(-c3cccc(OCc4ccccc4)c3)n2O)c(Cl)c1. The van der Waals surface area contributed by atoms with E-state index in [1.807, 2.05) is 60.9 Å². The summed E-state index contributed by atoms with van der Waals surface area (Å²) in [5.41, 5.74) is 4.18. The Balaban J connectivity index is 1.53. The summed E-state index contributed by atoms with van der Waals surface area (Å²) in [4.78, 5) is 25.5. The second-order valence-corrected chi connectivity index (χ2v) is 12.0. The van der Waals surface area contributed by atoms with Crippen LogP contribution in [0.1, 0.15) is 18.1 Å². The summed E-state index contributed by atoms with van der Waals surface area (Å²) in [5, 5.41) is 12.8. The van der Waals surface area contributed by atoms with Crippen LogP contribution in [0.5, 0.6) is 5.75 Å². The molecule has 0 spiro atoms. The highest BCUT2D eigenvalue weighted by Gasteiger charge is 2.26. The highest BCUT2D eigenvalue weighted by molar-refractivity contribution is 7.99. The molecular formula is C32H28Cl2N4O4S2. The lowest BCUT2D eigenvalue weighted by molar-refractivity contribution is -0.139. The van der Waals surface area contributed by atoms with Gasteiger partial charge in [-0.25, -0.2) is 15.0 Å². The lowest BCUT2D eigenvalue weighted by Gasteiger charge is -2.12. The normalized spacial score (nSPS) is 11.0. The molecule has 0 saturated carbocycles. The molecule has 0 aliphatic rings. The number of carbonyl (C=O) groups excluding carboxylic acids is 1. The van der Waals surface area contributed by atoms with Crippen LogP contribution in [-0.4, -0.2) is 49.5 Å². The van der Waals surface area contributed by atoms with E-state index in [4.69, 9.17) is 37.7 Å². The number of hydrogen-bond donors (Lipinski definition) is 1. The van der Waals surface area contributed by atoms with Gasteiger partial charge in [0.05, 0.1) is 33.7 Å². The maximum Gasteiger partial charge on any atom is 0.315 e. The molecule has 5 rings (SSSR count). The van der Waals surface area contributed by atoms with E-state index < -0.39 is 0 Å². The quantitative estimate of drug-likeness (QED) is 0.0610. The number of benzene rings is 3. The summed E-state index contributed by atoms with van der Waals surface area (Å²) < 4.78 is 12.0. The second-order valence-electron chi connectivity index (χ2n) is 9.41. The van der Waals surface area contributed by atoms with Gasteiger partial charge in [-0.2, -0.15) is 4.73 Å². The number of nitrogens with zero attached hydrogens (tertiary/aromatic N) is 4. The predicted molar refractivity (Wildman–Crippen MR) is 177 cm³/mol. The molecule has 0 amide bonds. The van der Waals surface area contributed by atoms with Crippen molar-refractivity contribution in [3.05, 3.63) is 100 Å². The Morgan fingerprint density at radius 2 is 1.75 bits per heavy atom. The Labute approximate surface area is 273 Å². The third-order valence-electron chi connectivity index (χ3n) is 6.39. The summed E-state index contributed by atoms with van der Waals surface area (Å²) in [6.45, 7) is 2.49. The van der Waals surface area contributed by atoms with Gasteiger partial charge in [-0.15, -0.1) is 11.8 Å². The zero-order valence-electron chi connectivity index (χ0n) is 23.9. The van der Waals surface area contributed by atoms with E-state index in [0.717, 1.165) is 15.9 Å². The lowest BCUT2D eigenvalue weighted by atomic mass is 10.1. The minimum atomic E-state index is -0.280. The van der Waals surface area contributed by atoms with E-state index in [9.17, 15) is 10.0 Å². The Kier molecular flexibility index (Phi) is 10.7. The smallest absolute Gasteiger partial charge is 0.315 e. The molecule has 0 radical (unpaired) electrons. The number of rotatable bonds is 12. The predicted octanol–water partition coefficient (Wildman–Crippen LogP) is 8.32. The molecule has 0 atom stereocenters. The van der Waals surface area contributed by atoms with Crippen molar-refractivity contribution in [1.29, 1.82) is 0 Å². The first-order chi connectivity index (χ1) is 21.4. The van der Waals surface area contributed by atoms with Crippen LogP contribution in [0.3, 0.4) is 0 Å². The minimum absolute atomic E-state index is 0.149. The molecule has 226 valence electrons. The fourth-order valence-corrected chi connectivity index (χ4v) is 6.25. The largest absolute Gasteiger partial charge is 0.489 e. The molecule has 2 heterocycles. The van der Waals surface area contributed by atoms with Crippen LogP contribution in [0.4, 0.5) is 0 Å². The summed E-state index contributed by atoms with van der Waals surface area (Å²) in [6.07, 6.45) is 3.53. The average Bonchev–Trinajstić information content (AvgIpc) is 3.37. The van der Waals surface area contributed by atoms with Crippen LogP contribution in [0.25, 0.3) is 34.0 Å². The van der Waals surface area contributed by atoms with E-state index in [0.29, 0.717) is 68.1 Å². The van der Waals surface area contributed by atoms with Crippen LogP contribution in [0, 0.1) is 0 Å². The van der Waals surface area contributed by atoms with Gasteiger partial charge < -0.3 is 14.7 Å². The van der Waals surface area contributed by atoms with Gasteiger partial charge in [0.25, 0.3) is 0 Å². The van der Waals surface area contributed by atoms with Gasteiger partial charge in [0.1, 0.15) is 23.7 Å². The number of halogens is 2. The first kappa shape index (κ1) is 31.7. The van der Waals surface area contributed by atoms with Crippen molar-refractivity contribution in [2.45, 2.75) is 24.4 Å². The van der Waals surface area contributed by atoms with E-state index in [1.165, 1.54) is 23.5 Å². The summed E-state index contributed by atoms with van der Waals surface area (Å²) >= 11 is 16.3. The van der Waals surface area contributed by atoms with Crippen LogP contribution in [-0.2, 0) is 21.9 Å². The average molecular weight is 668 g/mol. The highest BCUT2D eigenvalue weighted by Crippen LogP contribution is 2.41. The molecule has 3 aromatic carbocycles. The fraction of sp³-hybridized carbons (Fsp3) is 0.188. The van der Waals surface area contributed by atoms with Crippen LogP contribution < -0.4 is 4.74 Å². The van der Waals surface area contributed by atoms with Crippen molar-refractivity contribution in [2.75, 3.05) is 18.6 Å². The van der Waals surface area contributed by atoms with Crippen molar-refractivity contribution in [3.8, 4) is 39.8 Å². The fourth-order valence-electron chi connectivity index (χ4n) is 4.43. The number of aromatic nitrogens is 4. The third kappa shape index (κ3) is 7.50. The van der Waals surface area contributed by atoms with E-state index in [1.54, 1.807) is 31.3 Å².